The van der Waals surface area contributed by atoms with Crippen molar-refractivity contribution in [1.82, 2.24) is 4.98 Å². The molecule has 27 heavy (non-hydrogen) atoms. The van der Waals surface area contributed by atoms with E-state index in [-0.39, 0.29) is 23.9 Å². The van der Waals surface area contributed by atoms with Crippen LogP contribution in [0.3, 0.4) is 0 Å². The van der Waals surface area contributed by atoms with E-state index in [0.717, 1.165) is 0 Å². The van der Waals surface area contributed by atoms with Gasteiger partial charge < -0.3 is 10.1 Å². The normalized spacial score (nSPS) is 10.3. The molecule has 0 fully saturated rings. The van der Waals surface area contributed by atoms with E-state index in [1.54, 1.807) is 19.1 Å². The van der Waals surface area contributed by atoms with Gasteiger partial charge in [0.2, 0.25) is 0 Å². The lowest BCUT2D eigenvalue weighted by Crippen LogP contribution is -2.11. The molecular weight excluding hydrogens is 389 g/mol. The molecule has 1 heterocycles. The highest BCUT2D eigenvalue weighted by molar-refractivity contribution is 7.13. The molecule has 8 heteroatoms. The smallest absolute Gasteiger partial charge is 0.267 e. The third-order valence-electron chi connectivity index (χ3n) is 3.57. The third-order valence-corrected chi connectivity index (χ3v) is 5.03. The number of hydrogen-bond acceptors (Lipinski definition) is 5. The van der Waals surface area contributed by atoms with Crippen LogP contribution in [0.25, 0.3) is 0 Å². The number of aryl methyl sites for hydroxylation is 1. The minimum atomic E-state index is -0.340. The molecule has 0 unspecified atom stereocenters. The summed E-state index contributed by atoms with van der Waals surface area (Å²) in [5.41, 5.74) is 1.33. The number of anilines is 1. The van der Waals surface area contributed by atoms with Crippen molar-refractivity contribution < 1.29 is 13.9 Å². The van der Waals surface area contributed by atoms with Crippen LogP contribution in [0, 0.1) is 24.1 Å². The number of thiazole rings is 1. The first-order valence-corrected chi connectivity index (χ1v) is 9.01. The summed E-state index contributed by atoms with van der Waals surface area (Å²) in [5.74, 6) is -0.155. The van der Waals surface area contributed by atoms with Gasteiger partial charge in [-0.15, -0.1) is 11.3 Å². The number of amides is 1. The lowest BCUT2D eigenvalue weighted by atomic mass is 10.2. The highest BCUT2D eigenvalue weighted by Crippen LogP contribution is 2.24. The molecule has 136 valence electrons. The molecule has 0 saturated carbocycles. The largest absolute Gasteiger partial charge is 0.486 e. The number of nitrogens with zero attached hydrogens (tertiary/aromatic N) is 2. The lowest BCUT2D eigenvalue weighted by molar-refractivity contribution is 0.103. The van der Waals surface area contributed by atoms with Crippen LogP contribution in [0.1, 0.15) is 25.9 Å². The van der Waals surface area contributed by atoms with E-state index in [1.165, 1.54) is 41.7 Å². The summed E-state index contributed by atoms with van der Waals surface area (Å²) in [5, 5.41) is 12.7. The molecule has 0 atom stereocenters. The van der Waals surface area contributed by atoms with Crippen molar-refractivity contribution in [2.24, 2.45) is 0 Å². The highest BCUT2D eigenvalue weighted by atomic mass is 35.5. The van der Waals surface area contributed by atoms with E-state index in [2.05, 4.69) is 10.3 Å². The van der Waals surface area contributed by atoms with Gasteiger partial charge in [-0.05, 0) is 49.4 Å². The third kappa shape index (κ3) is 4.61. The predicted octanol–water partition coefficient (Wildman–Crippen LogP) is 4.95. The van der Waals surface area contributed by atoms with Crippen molar-refractivity contribution in [3.63, 3.8) is 0 Å². The molecule has 0 saturated heterocycles. The molecule has 1 amide bonds. The number of carbonyl (C=O) groups excluding carboxylic acids is 1. The van der Waals surface area contributed by atoms with Gasteiger partial charge in [-0.25, -0.2) is 9.37 Å². The number of ether oxygens (including phenoxy) is 1. The molecule has 0 spiro atoms. The molecule has 1 N–H and O–H groups in total. The van der Waals surface area contributed by atoms with Crippen LogP contribution in [0.15, 0.2) is 42.5 Å². The van der Waals surface area contributed by atoms with Crippen LogP contribution in [-0.4, -0.2) is 10.9 Å². The molecule has 0 aliphatic rings. The van der Waals surface area contributed by atoms with Gasteiger partial charge in [-0.2, -0.15) is 5.26 Å². The van der Waals surface area contributed by atoms with Crippen molar-refractivity contribution in [2.45, 2.75) is 13.5 Å². The number of benzene rings is 2. The van der Waals surface area contributed by atoms with Crippen molar-refractivity contribution in [2.75, 3.05) is 5.32 Å². The van der Waals surface area contributed by atoms with E-state index in [4.69, 9.17) is 21.6 Å². The Morgan fingerprint density at radius 1 is 1.33 bits per heavy atom. The molecular formula is C19H13ClFN3O2S. The Hall–Kier alpha value is -2.95. The maximum atomic E-state index is 12.9. The maximum absolute atomic E-state index is 12.9. The predicted molar refractivity (Wildman–Crippen MR) is 102 cm³/mol. The van der Waals surface area contributed by atoms with Gasteiger partial charge in [0.25, 0.3) is 5.91 Å². The number of carbonyl (C=O) groups is 1. The zero-order valence-electron chi connectivity index (χ0n) is 14.1. The van der Waals surface area contributed by atoms with E-state index < -0.39 is 0 Å². The summed E-state index contributed by atoms with van der Waals surface area (Å²) in [6.45, 7) is 1.90. The second-order valence-corrected chi connectivity index (χ2v) is 7.02. The molecule has 0 bridgehead atoms. The average molecular weight is 402 g/mol. The number of aromatic nitrogens is 1. The molecule has 1 aromatic heterocycles. The summed E-state index contributed by atoms with van der Waals surface area (Å²) in [6.07, 6.45) is 0. The molecule has 3 rings (SSSR count). The Balaban J connectivity index is 1.69. The number of nitrogens with one attached hydrogen (secondary N) is 1. The van der Waals surface area contributed by atoms with Gasteiger partial charge in [0.15, 0.2) is 0 Å². The van der Waals surface area contributed by atoms with Crippen LogP contribution >= 0.6 is 22.9 Å². The summed E-state index contributed by atoms with van der Waals surface area (Å²) in [7, 11) is 0. The number of rotatable bonds is 5. The van der Waals surface area contributed by atoms with Gasteiger partial charge in [0.05, 0.1) is 16.3 Å². The number of hydrogen-bond donors (Lipinski definition) is 1. The lowest BCUT2D eigenvalue weighted by Gasteiger charge is -2.05. The van der Waals surface area contributed by atoms with Gasteiger partial charge in [0, 0.05) is 5.69 Å². The SMILES string of the molecule is Cc1nc(COc2ccc(F)cc2)sc1C(=O)Nc1ccc(Cl)c(C#N)c1. The van der Waals surface area contributed by atoms with Crippen molar-refractivity contribution in [3.8, 4) is 11.8 Å². The molecule has 3 aromatic rings. The fourth-order valence-corrected chi connectivity index (χ4v) is 3.31. The summed E-state index contributed by atoms with van der Waals surface area (Å²) in [6, 6.07) is 12.3. The molecule has 2 aromatic carbocycles. The number of halogens is 2. The van der Waals surface area contributed by atoms with Gasteiger partial charge >= 0.3 is 0 Å². The van der Waals surface area contributed by atoms with E-state index in [1.807, 2.05) is 6.07 Å². The first-order chi connectivity index (χ1) is 13.0. The average Bonchev–Trinajstić information content (AvgIpc) is 3.03. The summed E-state index contributed by atoms with van der Waals surface area (Å²) in [4.78, 5) is 17.3. The van der Waals surface area contributed by atoms with Crippen LogP contribution < -0.4 is 10.1 Å². The molecule has 0 aliphatic carbocycles. The second kappa shape index (κ2) is 8.16. The summed E-state index contributed by atoms with van der Waals surface area (Å²) >= 11 is 7.10. The first kappa shape index (κ1) is 18.8. The Morgan fingerprint density at radius 3 is 2.78 bits per heavy atom. The Kier molecular flexibility index (Phi) is 5.69. The van der Waals surface area contributed by atoms with E-state index in [0.29, 0.717) is 32.0 Å². The zero-order chi connectivity index (χ0) is 19.4. The number of nitriles is 1. The molecule has 5 nitrogen and oxygen atoms in total. The molecule has 0 radical (unpaired) electrons. The van der Waals surface area contributed by atoms with Gasteiger partial charge in [0.1, 0.15) is 34.1 Å². The maximum Gasteiger partial charge on any atom is 0.267 e. The fraction of sp³-hybridized carbons (Fsp3) is 0.105. The van der Waals surface area contributed by atoms with Crippen LogP contribution in [-0.2, 0) is 6.61 Å². The summed E-state index contributed by atoms with van der Waals surface area (Å²) < 4.78 is 18.5. The monoisotopic (exact) mass is 401 g/mol. The Bertz CT molecular complexity index is 1030. The van der Waals surface area contributed by atoms with E-state index >= 15 is 0 Å². The van der Waals surface area contributed by atoms with E-state index in [9.17, 15) is 9.18 Å². The van der Waals surface area contributed by atoms with Crippen LogP contribution in [0.2, 0.25) is 5.02 Å². The minimum absolute atomic E-state index is 0.171. The zero-order valence-corrected chi connectivity index (χ0v) is 15.7. The second-order valence-electron chi connectivity index (χ2n) is 5.53. The minimum Gasteiger partial charge on any atom is -0.486 e. The van der Waals surface area contributed by atoms with Crippen LogP contribution in [0.5, 0.6) is 5.75 Å². The van der Waals surface area contributed by atoms with Gasteiger partial charge in [-0.3, -0.25) is 4.79 Å². The van der Waals surface area contributed by atoms with Crippen LogP contribution in [0.4, 0.5) is 10.1 Å². The van der Waals surface area contributed by atoms with Crippen molar-refractivity contribution in [3.05, 3.63) is 74.4 Å². The topological polar surface area (TPSA) is 75.0 Å². The molecule has 0 aliphatic heterocycles. The standard InChI is InChI=1S/C19H13ClFN3O2S/c1-11-18(19(25)24-14-4-7-16(20)12(8-14)9-22)27-17(23-11)10-26-15-5-2-13(21)3-6-15/h2-8H,10H2,1H3,(H,24,25). The van der Waals surface area contributed by atoms with Crippen molar-refractivity contribution in [1.29, 1.82) is 5.26 Å². The van der Waals surface area contributed by atoms with Gasteiger partial charge in [-0.1, -0.05) is 11.6 Å². The van der Waals surface area contributed by atoms with Crippen molar-refractivity contribution >= 4 is 34.5 Å². The Morgan fingerprint density at radius 2 is 2.07 bits per heavy atom. The quantitative estimate of drug-likeness (QED) is 0.656. The first-order valence-electron chi connectivity index (χ1n) is 7.82. The fourth-order valence-electron chi connectivity index (χ4n) is 2.28. The highest BCUT2D eigenvalue weighted by Gasteiger charge is 2.16. The Labute approximate surface area is 164 Å².